The van der Waals surface area contributed by atoms with Gasteiger partial charge in [-0.15, -0.1) is 0 Å². The second kappa shape index (κ2) is 5.58. The predicted octanol–water partition coefficient (Wildman–Crippen LogP) is 3.43. The number of fused-ring (bicyclic) bond motifs is 3. The van der Waals surface area contributed by atoms with Crippen LogP contribution >= 0.6 is 0 Å². The molecule has 0 saturated carbocycles. The second-order valence-electron chi connectivity index (χ2n) is 6.17. The van der Waals surface area contributed by atoms with Crippen molar-refractivity contribution in [1.82, 2.24) is 14.9 Å². The lowest BCUT2D eigenvalue weighted by atomic mass is 10.1. The van der Waals surface area contributed by atoms with Crippen LogP contribution < -0.4 is 5.32 Å². The Labute approximate surface area is 131 Å². The molecule has 1 aliphatic rings. The molecule has 0 bridgehead atoms. The lowest BCUT2D eigenvalue weighted by molar-refractivity contribution is 0.673. The zero-order chi connectivity index (χ0) is 14.9. The van der Waals surface area contributed by atoms with Crippen molar-refractivity contribution in [3.8, 4) is 0 Å². The Morgan fingerprint density at radius 3 is 3.09 bits per heavy atom. The van der Waals surface area contributed by atoms with Crippen molar-refractivity contribution in [2.75, 3.05) is 6.54 Å². The highest BCUT2D eigenvalue weighted by Crippen LogP contribution is 2.30. The Bertz CT molecular complexity index is 802. The number of hydrogen-bond acceptors (Lipinski definition) is 2. The number of pyridine rings is 1. The lowest BCUT2D eigenvalue weighted by Gasteiger charge is -2.11. The molecule has 1 aromatic carbocycles. The number of hydrogen-bond donors (Lipinski definition) is 1. The fraction of sp³-hybridized carbons (Fsp3) is 0.316. The van der Waals surface area contributed by atoms with Crippen LogP contribution in [0.25, 0.3) is 10.9 Å². The van der Waals surface area contributed by atoms with E-state index < -0.39 is 0 Å². The Balaban J connectivity index is 1.90. The zero-order valence-electron chi connectivity index (χ0n) is 13.0. The minimum Gasteiger partial charge on any atom is -0.340 e. The molecule has 0 aliphatic carbocycles. The van der Waals surface area contributed by atoms with Crippen LogP contribution in [-0.4, -0.2) is 16.1 Å². The Kier molecular flexibility index (Phi) is 3.43. The molecule has 3 heterocycles. The van der Waals surface area contributed by atoms with E-state index in [4.69, 9.17) is 0 Å². The molecular formula is C19H21N3. The minimum absolute atomic E-state index is 0.905. The van der Waals surface area contributed by atoms with Crippen LogP contribution in [0.2, 0.25) is 0 Å². The molecule has 1 aliphatic heterocycles. The van der Waals surface area contributed by atoms with Gasteiger partial charge < -0.3 is 9.88 Å². The third kappa shape index (κ3) is 2.32. The summed E-state index contributed by atoms with van der Waals surface area (Å²) in [5.41, 5.74) is 6.93. The summed E-state index contributed by atoms with van der Waals surface area (Å²) in [6, 6.07) is 11.0. The van der Waals surface area contributed by atoms with Crippen LogP contribution in [0.4, 0.5) is 0 Å². The van der Waals surface area contributed by atoms with Gasteiger partial charge in [-0.3, -0.25) is 4.98 Å². The second-order valence-corrected chi connectivity index (χ2v) is 6.17. The summed E-state index contributed by atoms with van der Waals surface area (Å²) in [6.07, 6.45) is 6.16. The fourth-order valence-electron chi connectivity index (χ4n) is 3.52. The molecule has 0 radical (unpaired) electrons. The third-order valence-electron chi connectivity index (χ3n) is 4.57. The predicted molar refractivity (Wildman–Crippen MR) is 90.0 cm³/mol. The van der Waals surface area contributed by atoms with E-state index in [-0.39, 0.29) is 0 Å². The van der Waals surface area contributed by atoms with Gasteiger partial charge in [0.15, 0.2) is 0 Å². The minimum atomic E-state index is 0.905. The van der Waals surface area contributed by atoms with Crippen LogP contribution in [0.5, 0.6) is 0 Å². The molecule has 0 atom stereocenters. The zero-order valence-corrected chi connectivity index (χ0v) is 13.0. The number of aryl methyl sites for hydroxylation is 1. The normalized spacial score (nSPS) is 14.8. The van der Waals surface area contributed by atoms with E-state index in [2.05, 4.69) is 46.1 Å². The summed E-state index contributed by atoms with van der Waals surface area (Å²) in [6.45, 7) is 5.17. The third-order valence-corrected chi connectivity index (χ3v) is 4.57. The Morgan fingerprint density at radius 2 is 2.23 bits per heavy atom. The van der Waals surface area contributed by atoms with Gasteiger partial charge in [0.1, 0.15) is 0 Å². The highest BCUT2D eigenvalue weighted by atomic mass is 15.0. The van der Waals surface area contributed by atoms with Gasteiger partial charge in [0.2, 0.25) is 0 Å². The van der Waals surface area contributed by atoms with Crippen molar-refractivity contribution in [2.45, 2.75) is 32.9 Å². The van der Waals surface area contributed by atoms with Gasteiger partial charge in [0.05, 0.1) is 0 Å². The van der Waals surface area contributed by atoms with Crippen molar-refractivity contribution in [2.24, 2.45) is 0 Å². The quantitative estimate of drug-likeness (QED) is 0.784. The van der Waals surface area contributed by atoms with Crippen molar-refractivity contribution in [1.29, 1.82) is 0 Å². The highest BCUT2D eigenvalue weighted by molar-refractivity contribution is 5.86. The summed E-state index contributed by atoms with van der Waals surface area (Å²) in [4.78, 5) is 4.26. The van der Waals surface area contributed by atoms with E-state index >= 15 is 0 Å². The van der Waals surface area contributed by atoms with Crippen molar-refractivity contribution >= 4 is 10.9 Å². The molecule has 0 saturated heterocycles. The lowest BCUT2D eigenvalue weighted by Crippen LogP contribution is -2.11. The van der Waals surface area contributed by atoms with E-state index in [9.17, 15) is 0 Å². The molecule has 2 aromatic heterocycles. The number of rotatable bonds is 2. The van der Waals surface area contributed by atoms with Crippen LogP contribution in [0.15, 0.2) is 42.7 Å². The molecule has 0 unspecified atom stereocenters. The van der Waals surface area contributed by atoms with E-state index in [0.29, 0.717) is 0 Å². The number of nitrogens with one attached hydrogen (secondary N) is 1. The maximum atomic E-state index is 4.26. The van der Waals surface area contributed by atoms with Gasteiger partial charge in [0.25, 0.3) is 0 Å². The van der Waals surface area contributed by atoms with Crippen molar-refractivity contribution in [3.63, 3.8) is 0 Å². The van der Waals surface area contributed by atoms with Gasteiger partial charge in [-0.2, -0.15) is 0 Å². The Morgan fingerprint density at radius 1 is 1.27 bits per heavy atom. The first-order valence-corrected chi connectivity index (χ1v) is 8.03. The summed E-state index contributed by atoms with van der Waals surface area (Å²) in [5.74, 6) is 0. The molecule has 0 spiro atoms. The van der Waals surface area contributed by atoms with E-state index in [1.165, 1.54) is 39.7 Å². The highest BCUT2D eigenvalue weighted by Gasteiger charge is 2.18. The first-order valence-electron chi connectivity index (χ1n) is 8.03. The number of benzene rings is 1. The largest absolute Gasteiger partial charge is 0.340 e. The number of aromatic nitrogens is 2. The fourth-order valence-corrected chi connectivity index (χ4v) is 3.52. The van der Waals surface area contributed by atoms with E-state index in [0.717, 1.165) is 26.1 Å². The summed E-state index contributed by atoms with van der Waals surface area (Å²) < 4.78 is 2.49. The average Bonchev–Trinajstić information content (AvgIpc) is 2.70. The molecule has 0 fully saturated rings. The average molecular weight is 291 g/mol. The maximum absolute atomic E-state index is 4.26. The molecule has 3 aromatic rings. The standard InChI is InChI=1S/C19H21N3/c1-14-6-7-19-16(10-14)17-12-21-9-3-5-18(17)22(19)13-15-4-2-8-20-11-15/h2,4,6-8,10-11,21H,3,5,9,12-13H2,1H3. The first kappa shape index (κ1) is 13.5. The molecule has 3 nitrogen and oxygen atoms in total. The van der Waals surface area contributed by atoms with Gasteiger partial charge in [0, 0.05) is 42.1 Å². The summed E-state index contributed by atoms with van der Waals surface area (Å²) >= 11 is 0. The Hall–Kier alpha value is -2.13. The smallest absolute Gasteiger partial charge is 0.0494 e. The topological polar surface area (TPSA) is 29.9 Å². The van der Waals surface area contributed by atoms with Gasteiger partial charge in [-0.25, -0.2) is 0 Å². The first-order chi connectivity index (χ1) is 10.8. The van der Waals surface area contributed by atoms with Gasteiger partial charge >= 0.3 is 0 Å². The molecule has 1 N–H and O–H groups in total. The van der Waals surface area contributed by atoms with Crippen LogP contribution in [-0.2, 0) is 19.5 Å². The van der Waals surface area contributed by atoms with E-state index in [1.54, 1.807) is 0 Å². The van der Waals surface area contributed by atoms with Gasteiger partial charge in [-0.1, -0.05) is 17.7 Å². The molecule has 4 rings (SSSR count). The molecule has 0 amide bonds. The summed E-state index contributed by atoms with van der Waals surface area (Å²) in [7, 11) is 0. The molecule has 22 heavy (non-hydrogen) atoms. The molecular weight excluding hydrogens is 270 g/mol. The van der Waals surface area contributed by atoms with Crippen LogP contribution in [0.3, 0.4) is 0 Å². The van der Waals surface area contributed by atoms with E-state index in [1.807, 2.05) is 18.5 Å². The van der Waals surface area contributed by atoms with Crippen molar-refractivity contribution in [3.05, 3.63) is 65.1 Å². The van der Waals surface area contributed by atoms with Crippen molar-refractivity contribution < 1.29 is 0 Å². The SMILES string of the molecule is Cc1ccc2c(c1)c1c(n2Cc2cccnc2)CCCNC1. The molecule has 112 valence electrons. The summed E-state index contributed by atoms with van der Waals surface area (Å²) in [5, 5.41) is 4.98. The maximum Gasteiger partial charge on any atom is 0.0494 e. The van der Waals surface area contributed by atoms with Crippen LogP contribution in [0.1, 0.15) is 28.8 Å². The van der Waals surface area contributed by atoms with Crippen LogP contribution in [0, 0.1) is 6.92 Å². The molecule has 3 heteroatoms. The van der Waals surface area contributed by atoms with Gasteiger partial charge in [-0.05, 0) is 55.6 Å². The monoisotopic (exact) mass is 291 g/mol. The number of nitrogens with zero attached hydrogens (tertiary/aromatic N) is 2.